The Labute approximate surface area is 118 Å². The molecule has 1 unspecified atom stereocenters. The third kappa shape index (κ3) is 3.27. The van der Waals surface area contributed by atoms with Crippen molar-refractivity contribution in [2.45, 2.75) is 25.3 Å². The summed E-state index contributed by atoms with van der Waals surface area (Å²) in [6.45, 7) is 1.21. The standard InChI is InChI=1S/C14H20N4O2/c15-9-12-6-1-2-7-18(12)13(19)10-4-3-5-11(8-10)17-14(16)20/h3-5,8,12H,1-2,6-7,9,15H2,(H3,16,17,20). The Hall–Kier alpha value is -2.08. The molecule has 5 N–H and O–H groups in total. The Morgan fingerprint density at radius 1 is 1.35 bits per heavy atom. The molecular formula is C14H20N4O2. The van der Waals surface area contributed by atoms with Gasteiger partial charge in [0.25, 0.3) is 5.91 Å². The number of piperidine rings is 1. The number of rotatable bonds is 3. The van der Waals surface area contributed by atoms with E-state index in [0.717, 1.165) is 25.8 Å². The number of amides is 3. The van der Waals surface area contributed by atoms with E-state index in [0.29, 0.717) is 17.8 Å². The molecule has 0 saturated carbocycles. The maximum Gasteiger partial charge on any atom is 0.316 e. The highest BCUT2D eigenvalue weighted by Gasteiger charge is 2.26. The van der Waals surface area contributed by atoms with Crippen LogP contribution >= 0.6 is 0 Å². The quantitative estimate of drug-likeness (QED) is 0.771. The number of nitrogens with zero attached hydrogens (tertiary/aromatic N) is 1. The molecule has 2 rings (SSSR count). The van der Waals surface area contributed by atoms with Crippen LogP contribution in [0.15, 0.2) is 24.3 Å². The fourth-order valence-corrected chi connectivity index (χ4v) is 2.55. The van der Waals surface area contributed by atoms with Crippen LogP contribution in [0.3, 0.4) is 0 Å². The van der Waals surface area contributed by atoms with E-state index in [2.05, 4.69) is 5.32 Å². The minimum Gasteiger partial charge on any atom is -0.351 e. The van der Waals surface area contributed by atoms with Gasteiger partial charge in [0.2, 0.25) is 0 Å². The van der Waals surface area contributed by atoms with E-state index in [9.17, 15) is 9.59 Å². The highest BCUT2D eigenvalue weighted by atomic mass is 16.2. The van der Waals surface area contributed by atoms with Crippen LogP contribution in [0.5, 0.6) is 0 Å². The number of urea groups is 1. The maximum atomic E-state index is 12.5. The summed E-state index contributed by atoms with van der Waals surface area (Å²) in [5, 5.41) is 2.47. The monoisotopic (exact) mass is 276 g/mol. The molecular weight excluding hydrogens is 256 g/mol. The second-order valence-electron chi connectivity index (χ2n) is 4.95. The average Bonchev–Trinajstić information content (AvgIpc) is 2.46. The van der Waals surface area contributed by atoms with Gasteiger partial charge in [-0.25, -0.2) is 4.79 Å². The van der Waals surface area contributed by atoms with Crippen LogP contribution in [0.4, 0.5) is 10.5 Å². The predicted molar refractivity (Wildman–Crippen MR) is 77.4 cm³/mol. The van der Waals surface area contributed by atoms with Crippen molar-refractivity contribution in [3.05, 3.63) is 29.8 Å². The topological polar surface area (TPSA) is 101 Å². The van der Waals surface area contributed by atoms with Gasteiger partial charge in [0.15, 0.2) is 0 Å². The second kappa shape index (κ2) is 6.38. The van der Waals surface area contributed by atoms with Crippen molar-refractivity contribution in [1.29, 1.82) is 0 Å². The van der Waals surface area contributed by atoms with Gasteiger partial charge in [-0.2, -0.15) is 0 Å². The summed E-state index contributed by atoms with van der Waals surface area (Å²) in [6, 6.07) is 6.24. The van der Waals surface area contributed by atoms with Crippen LogP contribution in [0.1, 0.15) is 29.6 Å². The Balaban J connectivity index is 2.17. The molecule has 0 spiro atoms. The minimum absolute atomic E-state index is 0.0479. The number of likely N-dealkylation sites (tertiary alicyclic amines) is 1. The fraction of sp³-hybridized carbons (Fsp3) is 0.429. The number of nitrogens with one attached hydrogen (secondary N) is 1. The van der Waals surface area contributed by atoms with Crippen LogP contribution in [-0.2, 0) is 0 Å². The number of benzene rings is 1. The summed E-state index contributed by atoms with van der Waals surface area (Å²) < 4.78 is 0. The zero-order valence-corrected chi connectivity index (χ0v) is 11.3. The number of hydrogen-bond acceptors (Lipinski definition) is 3. The molecule has 1 saturated heterocycles. The lowest BCUT2D eigenvalue weighted by Crippen LogP contribution is -2.47. The smallest absolute Gasteiger partial charge is 0.316 e. The van der Waals surface area contributed by atoms with Crippen molar-refractivity contribution in [3.8, 4) is 0 Å². The van der Waals surface area contributed by atoms with Crippen molar-refractivity contribution < 1.29 is 9.59 Å². The first kappa shape index (κ1) is 14.3. The van der Waals surface area contributed by atoms with Crippen molar-refractivity contribution in [2.75, 3.05) is 18.4 Å². The first-order valence-electron chi connectivity index (χ1n) is 6.79. The number of hydrogen-bond donors (Lipinski definition) is 3. The van der Waals surface area contributed by atoms with E-state index >= 15 is 0 Å². The molecule has 20 heavy (non-hydrogen) atoms. The molecule has 3 amide bonds. The lowest BCUT2D eigenvalue weighted by Gasteiger charge is -2.35. The Morgan fingerprint density at radius 3 is 2.85 bits per heavy atom. The van der Waals surface area contributed by atoms with Crippen LogP contribution < -0.4 is 16.8 Å². The van der Waals surface area contributed by atoms with Gasteiger partial charge in [0, 0.05) is 30.4 Å². The third-order valence-electron chi connectivity index (χ3n) is 3.54. The highest BCUT2D eigenvalue weighted by molar-refractivity contribution is 5.96. The number of anilines is 1. The molecule has 1 atom stereocenters. The van der Waals surface area contributed by atoms with Crippen LogP contribution in [0, 0.1) is 0 Å². The van der Waals surface area contributed by atoms with Crippen molar-refractivity contribution in [2.24, 2.45) is 11.5 Å². The van der Waals surface area contributed by atoms with Crippen molar-refractivity contribution in [3.63, 3.8) is 0 Å². The van der Waals surface area contributed by atoms with Crippen molar-refractivity contribution in [1.82, 2.24) is 4.90 Å². The molecule has 0 bridgehead atoms. The molecule has 1 heterocycles. The van der Waals surface area contributed by atoms with E-state index in [-0.39, 0.29) is 11.9 Å². The average molecular weight is 276 g/mol. The second-order valence-corrected chi connectivity index (χ2v) is 4.95. The third-order valence-corrected chi connectivity index (χ3v) is 3.54. The molecule has 1 aliphatic heterocycles. The van der Waals surface area contributed by atoms with Gasteiger partial charge in [0.05, 0.1) is 0 Å². The molecule has 0 radical (unpaired) electrons. The molecule has 0 aromatic heterocycles. The van der Waals surface area contributed by atoms with Crippen LogP contribution in [-0.4, -0.2) is 36.0 Å². The molecule has 6 heteroatoms. The maximum absolute atomic E-state index is 12.5. The van der Waals surface area contributed by atoms with Gasteiger partial charge < -0.3 is 21.7 Å². The van der Waals surface area contributed by atoms with E-state index in [1.165, 1.54) is 0 Å². The van der Waals surface area contributed by atoms with E-state index in [4.69, 9.17) is 11.5 Å². The fourth-order valence-electron chi connectivity index (χ4n) is 2.55. The molecule has 1 aliphatic rings. The van der Waals surface area contributed by atoms with Gasteiger partial charge >= 0.3 is 6.03 Å². The van der Waals surface area contributed by atoms with Gasteiger partial charge in [0.1, 0.15) is 0 Å². The molecule has 1 aromatic carbocycles. The van der Waals surface area contributed by atoms with E-state index in [1.54, 1.807) is 24.3 Å². The van der Waals surface area contributed by atoms with Gasteiger partial charge in [-0.15, -0.1) is 0 Å². The summed E-state index contributed by atoms with van der Waals surface area (Å²) in [5.74, 6) is -0.0479. The lowest BCUT2D eigenvalue weighted by atomic mass is 10.0. The first-order chi connectivity index (χ1) is 9.61. The summed E-state index contributed by atoms with van der Waals surface area (Å²) in [5.41, 5.74) is 11.9. The summed E-state index contributed by atoms with van der Waals surface area (Å²) >= 11 is 0. The van der Waals surface area contributed by atoms with Crippen LogP contribution in [0.25, 0.3) is 0 Å². The first-order valence-corrected chi connectivity index (χ1v) is 6.79. The largest absolute Gasteiger partial charge is 0.351 e. The molecule has 108 valence electrons. The van der Waals surface area contributed by atoms with Gasteiger partial charge in [-0.05, 0) is 37.5 Å². The molecule has 6 nitrogen and oxygen atoms in total. The summed E-state index contributed by atoms with van der Waals surface area (Å²) in [6.07, 6.45) is 3.05. The Bertz CT molecular complexity index is 504. The minimum atomic E-state index is -0.646. The molecule has 0 aliphatic carbocycles. The highest BCUT2D eigenvalue weighted by Crippen LogP contribution is 2.20. The van der Waals surface area contributed by atoms with E-state index in [1.807, 2.05) is 4.90 Å². The molecule has 1 aromatic rings. The summed E-state index contributed by atoms with van der Waals surface area (Å²) in [4.78, 5) is 25.2. The zero-order chi connectivity index (χ0) is 14.5. The SMILES string of the molecule is NCC1CCCCN1C(=O)c1cccc(NC(N)=O)c1. The number of carbonyl (C=O) groups is 2. The van der Waals surface area contributed by atoms with Gasteiger partial charge in [-0.3, -0.25) is 4.79 Å². The van der Waals surface area contributed by atoms with Crippen LogP contribution in [0.2, 0.25) is 0 Å². The van der Waals surface area contributed by atoms with E-state index < -0.39 is 6.03 Å². The molecule has 1 fully saturated rings. The number of primary amides is 1. The summed E-state index contributed by atoms with van der Waals surface area (Å²) in [7, 11) is 0. The predicted octanol–water partition coefficient (Wildman–Crippen LogP) is 1.13. The van der Waals surface area contributed by atoms with Crippen molar-refractivity contribution >= 4 is 17.6 Å². The van der Waals surface area contributed by atoms with Gasteiger partial charge in [-0.1, -0.05) is 6.07 Å². The number of carbonyl (C=O) groups excluding carboxylic acids is 2. The number of nitrogens with two attached hydrogens (primary N) is 2. The normalized spacial score (nSPS) is 18.6. The zero-order valence-electron chi connectivity index (χ0n) is 11.3. The Kier molecular flexibility index (Phi) is 4.57. The Morgan fingerprint density at radius 2 is 2.15 bits per heavy atom. The lowest BCUT2D eigenvalue weighted by molar-refractivity contribution is 0.0623.